The van der Waals surface area contributed by atoms with Gasteiger partial charge in [0, 0.05) is 48.2 Å². The summed E-state index contributed by atoms with van der Waals surface area (Å²) < 4.78 is 0. The molecule has 1 N–H and O–H groups in total. The molecule has 2 aliphatic heterocycles. The Morgan fingerprint density at radius 2 is 1.76 bits per heavy atom. The quantitative estimate of drug-likeness (QED) is 0.619. The Bertz CT molecular complexity index is 1290. The number of anilines is 1. The third-order valence-corrected chi connectivity index (χ3v) is 7.57. The van der Waals surface area contributed by atoms with E-state index in [4.69, 9.17) is 0 Å². The summed E-state index contributed by atoms with van der Waals surface area (Å²) >= 11 is 0. The number of H-pyrrole nitrogens is 1. The smallest absolute Gasteiger partial charge is 0.250 e. The van der Waals surface area contributed by atoms with Gasteiger partial charge in [0.05, 0.1) is 6.04 Å². The van der Waals surface area contributed by atoms with Gasteiger partial charge in [-0.3, -0.25) is 9.59 Å². The fourth-order valence-electron chi connectivity index (χ4n) is 5.63. The Hall–Kier alpha value is -3.54. The van der Waals surface area contributed by atoms with Gasteiger partial charge in [0.25, 0.3) is 0 Å². The van der Waals surface area contributed by atoms with Crippen LogP contribution in [0, 0.1) is 5.92 Å². The Kier molecular flexibility index (Phi) is 4.97. The molecule has 6 heteroatoms. The van der Waals surface area contributed by atoms with Crippen molar-refractivity contribution in [1.29, 1.82) is 0 Å². The number of benzene rings is 2. The molecule has 0 radical (unpaired) electrons. The first-order valence-electron chi connectivity index (χ1n) is 12.3. The molecule has 1 saturated heterocycles. The van der Waals surface area contributed by atoms with Crippen LogP contribution < -0.4 is 4.90 Å². The van der Waals surface area contributed by atoms with Gasteiger partial charge in [-0.05, 0) is 73.9 Å². The standard InChI is InChI=1S/C28H30N4O2/c1-18-15-27(33)32(25-12-14-30(17-25)28(34)22-4-5-22)19(2)31(18)24-9-7-20(8-10-24)23-6-3-21-11-13-29-26(21)16-23/h3,6-11,13,15-16,19,22,25,29H,4-5,12,14,17H2,1-2H3. The molecule has 6 nitrogen and oxygen atoms in total. The molecule has 3 aliphatic rings. The Morgan fingerprint density at radius 3 is 2.53 bits per heavy atom. The number of hydrogen-bond donors (Lipinski definition) is 1. The van der Waals surface area contributed by atoms with Crippen molar-refractivity contribution in [1.82, 2.24) is 14.8 Å². The summed E-state index contributed by atoms with van der Waals surface area (Å²) in [5, 5.41) is 1.21. The van der Waals surface area contributed by atoms with Gasteiger partial charge in [-0.15, -0.1) is 0 Å². The second-order valence-corrected chi connectivity index (χ2v) is 9.86. The molecule has 1 saturated carbocycles. The van der Waals surface area contributed by atoms with Crippen molar-refractivity contribution < 1.29 is 9.59 Å². The van der Waals surface area contributed by atoms with Crippen LogP contribution in [0.15, 0.2) is 66.5 Å². The summed E-state index contributed by atoms with van der Waals surface area (Å²) in [6.45, 7) is 5.48. The van der Waals surface area contributed by atoms with Crippen molar-refractivity contribution in [3.05, 3.63) is 66.5 Å². The number of allylic oxidation sites excluding steroid dienone is 1. The van der Waals surface area contributed by atoms with Gasteiger partial charge in [0.1, 0.15) is 6.17 Å². The number of nitrogens with zero attached hydrogens (tertiary/aromatic N) is 3. The molecule has 2 fully saturated rings. The van der Waals surface area contributed by atoms with Crippen LogP contribution in [0.5, 0.6) is 0 Å². The largest absolute Gasteiger partial charge is 0.361 e. The number of aromatic nitrogens is 1. The molecule has 2 unspecified atom stereocenters. The van der Waals surface area contributed by atoms with E-state index < -0.39 is 0 Å². The zero-order valence-corrected chi connectivity index (χ0v) is 19.7. The third kappa shape index (κ3) is 3.58. The molecule has 3 heterocycles. The highest BCUT2D eigenvalue weighted by molar-refractivity contribution is 5.92. The average molecular weight is 455 g/mol. The lowest BCUT2D eigenvalue weighted by Crippen LogP contribution is -2.56. The van der Waals surface area contributed by atoms with E-state index in [9.17, 15) is 9.59 Å². The predicted molar refractivity (Wildman–Crippen MR) is 134 cm³/mol. The Balaban J connectivity index is 1.23. The van der Waals surface area contributed by atoms with E-state index in [1.165, 1.54) is 10.9 Å². The maximum atomic E-state index is 13.0. The van der Waals surface area contributed by atoms with Gasteiger partial charge in [0.15, 0.2) is 0 Å². The van der Waals surface area contributed by atoms with Crippen molar-refractivity contribution in [3.63, 3.8) is 0 Å². The van der Waals surface area contributed by atoms with Gasteiger partial charge in [-0.1, -0.05) is 24.3 Å². The van der Waals surface area contributed by atoms with Crippen molar-refractivity contribution in [2.75, 3.05) is 18.0 Å². The average Bonchev–Trinajstić information content (AvgIpc) is 3.38. The predicted octanol–water partition coefficient (Wildman–Crippen LogP) is 4.74. The monoisotopic (exact) mass is 454 g/mol. The highest BCUT2D eigenvalue weighted by atomic mass is 16.2. The molecule has 1 aliphatic carbocycles. The fraction of sp³-hybridized carbons (Fsp3) is 0.357. The summed E-state index contributed by atoms with van der Waals surface area (Å²) in [7, 11) is 0. The van der Waals surface area contributed by atoms with E-state index >= 15 is 0 Å². The van der Waals surface area contributed by atoms with Crippen molar-refractivity contribution in [2.45, 2.75) is 45.3 Å². The van der Waals surface area contributed by atoms with Crippen LogP contribution in [0.3, 0.4) is 0 Å². The van der Waals surface area contributed by atoms with Crippen LogP contribution in [0.4, 0.5) is 5.69 Å². The molecule has 0 bridgehead atoms. The van der Waals surface area contributed by atoms with E-state index in [1.54, 1.807) is 6.08 Å². The summed E-state index contributed by atoms with van der Waals surface area (Å²) in [4.78, 5) is 35.0. The number of hydrogen-bond acceptors (Lipinski definition) is 3. The molecule has 1 aromatic heterocycles. The molecule has 3 aromatic rings. The van der Waals surface area contributed by atoms with E-state index in [1.807, 2.05) is 22.9 Å². The summed E-state index contributed by atoms with van der Waals surface area (Å²) in [6.07, 6.45) is 6.46. The number of nitrogens with one attached hydrogen (secondary N) is 1. The first-order valence-corrected chi connectivity index (χ1v) is 12.3. The molecule has 2 atom stereocenters. The molecule has 2 amide bonds. The van der Waals surface area contributed by atoms with Crippen LogP contribution in [0.25, 0.3) is 22.0 Å². The van der Waals surface area contributed by atoms with Crippen LogP contribution in [0.1, 0.15) is 33.1 Å². The van der Waals surface area contributed by atoms with Crippen LogP contribution >= 0.6 is 0 Å². The van der Waals surface area contributed by atoms with Gasteiger partial charge >= 0.3 is 0 Å². The van der Waals surface area contributed by atoms with Crippen LogP contribution in [0.2, 0.25) is 0 Å². The van der Waals surface area contributed by atoms with Crippen molar-refractivity contribution in [2.24, 2.45) is 5.92 Å². The zero-order valence-electron chi connectivity index (χ0n) is 19.7. The molecular weight excluding hydrogens is 424 g/mol. The summed E-state index contributed by atoms with van der Waals surface area (Å²) in [5.41, 5.74) is 5.46. The number of carbonyl (C=O) groups excluding carboxylic acids is 2. The van der Waals surface area contributed by atoms with E-state index in [0.717, 1.165) is 48.3 Å². The SMILES string of the molecule is CC1=CC(=O)N(C2CCN(C(=O)C3CC3)C2)C(C)N1c1ccc(-c2ccc3cc[nH]c3c2)cc1. The van der Waals surface area contributed by atoms with Crippen molar-refractivity contribution >= 4 is 28.4 Å². The molecule has 0 spiro atoms. The van der Waals surface area contributed by atoms with Crippen LogP contribution in [-0.4, -0.2) is 51.9 Å². The number of fused-ring (bicyclic) bond motifs is 1. The Labute approximate surface area is 199 Å². The highest BCUT2D eigenvalue weighted by Crippen LogP contribution is 2.35. The molecule has 2 aromatic carbocycles. The number of amides is 2. The maximum Gasteiger partial charge on any atom is 0.250 e. The van der Waals surface area contributed by atoms with Gasteiger partial charge in [0.2, 0.25) is 11.8 Å². The van der Waals surface area contributed by atoms with Crippen molar-refractivity contribution in [3.8, 4) is 11.1 Å². The lowest BCUT2D eigenvalue weighted by molar-refractivity contribution is -0.134. The minimum Gasteiger partial charge on any atom is -0.361 e. The normalized spacial score (nSPS) is 23.1. The number of aromatic amines is 1. The second-order valence-electron chi connectivity index (χ2n) is 9.86. The van der Waals surface area contributed by atoms with E-state index in [2.05, 4.69) is 65.3 Å². The molecule has 6 rings (SSSR count). The third-order valence-electron chi connectivity index (χ3n) is 7.57. The topological polar surface area (TPSA) is 59.7 Å². The summed E-state index contributed by atoms with van der Waals surface area (Å²) in [5.74, 6) is 0.544. The lowest BCUT2D eigenvalue weighted by atomic mass is 10.0. The lowest BCUT2D eigenvalue weighted by Gasteiger charge is -2.45. The Morgan fingerprint density at radius 1 is 1.00 bits per heavy atom. The molecule has 174 valence electrons. The van der Waals surface area contributed by atoms with E-state index in [-0.39, 0.29) is 29.9 Å². The van der Waals surface area contributed by atoms with E-state index in [0.29, 0.717) is 6.54 Å². The summed E-state index contributed by atoms with van der Waals surface area (Å²) in [6, 6.07) is 17.1. The maximum absolute atomic E-state index is 13.0. The van der Waals surface area contributed by atoms with Gasteiger partial charge in [-0.25, -0.2) is 0 Å². The minimum atomic E-state index is -0.111. The number of rotatable bonds is 4. The van der Waals surface area contributed by atoms with Crippen LogP contribution in [-0.2, 0) is 9.59 Å². The first-order chi connectivity index (χ1) is 16.5. The highest BCUT2D eigenvalue weighted by Gasteiger charge is 2.42. The zero-order chi connectivity index (χ0) is 23.4. The molecular formula is C28H30N4O2. The number of likely N-dealkylation sites (tertiary alicyclic amines) is 1. The van der Waals surface area contributed by atoms with Gasteiger partial charge < -0.3 is 19.7 Å². The first kappa shape index (κ1) is 21.0. The number of carbonyl (C=O) groups is 2. The molecule has 34 heavy (non-hydrogen) atoms. The minimum absolute atomic E-state index is 0.0443. The second kappa shape index (κ2) is 8.05. The fourth-order valence-corrected chi connectivity index (χ4v) is 5.63. The van der Waals surface area contributed by atoms with Gasteiger partial charge in [-0.2, -0.15) is 0 Å².